The van der Waals surface area contributed by atoms with Crippen LogP contribution < -0.4 is 0 Å². The number of carbonyl (C=O) groups excluding carboxylic acids is 1. The maximum Gasteiger partial charge on any atom is 0.510 e. The zero-order chi connectivity index (χ0) is 15.4. The Bertz CT molecular complexity index is 210. The van der Waals surface area contributed by atoms with Gasteiger partial charge in [0, 0.05) is 7.11 Å². The van der Waals surface area contributed by atoms with Crippen molar-refractivity contribution in [2.75, 3.05) is 20.5 Å². The molecule has 1 aromatic carbocycles. The third-order valence-corrected chi connectivity index (χ3v) is 1.22. The smallest absolute Gasteiger partial charge is 0.435 e. The van der Waals surface area contributed by atoms with Crippen molar-refractivity contribution in [3.8, 4) is 0 Å². The molecule has 0 aliphatic rings. The predicted molar refractivity (Wildman–Crippen MR) is 79.1 cm³/mol. The van der Waals surface area contributed by atoms with E-state index in [9.17, 15) is 4.79 Å². The molecule has 0 saturated carbocycles. The van der Waals surface area contributed by atoms with Crippen molar-refractivity contribution in [3.05, 3.63) is 36.4 Å². The number of carbonyl (C=O) groups is 1. The highest BCUT2D eigenvalue weighted by atomic mass is 16.8. The van der Waals surface area contributed by atoms with Gasteiger partial charge in [0.05, 0.1) is 6.61 Å². The molecule has 1 rings (SSSR count). The summed E-state index contributed by atoms with van der Waals surface area (Å²) in [5.74, 6) is 0. The third-order valence-electron chi connectivity index (χ3n) is 1.22. The monoisotopic (exact) mass is 272 g/mol. The molecule has 112 valence electrons. The van der Waals surface area contributed by atoms with Gasteiger partial charge in [0.25, 0.3) is 0 Å². The molecule has 1 aromatic rings. The Morgan fingerprint density at radius 3 is 1.47 bits per heavy atom. The third kappa shape index (κ3) is 26.2. The molecule has 4 nitrogen and oxygen atoms in total. The lowest BCUT2D eigenvalue weighted by atomic mass is 10.4. The standard InChI is InChI=1S/C6H6.C5H10O4.2C2H6/c1-2-4-6-5-3-1;1-3-8-5(6)9-4-7-2;2*1-2/h1-6H;3-4H2,1-2H3;2*1-2H3. The average molecular weight is 272 g/mol. The molecule has 0 aliphatic heterocycles. The highest BCUT2D eigenvalue weighted by Gasteiger charge is 1.98. The molecule has 0 spiro atoms. The van der Waals surface area contributed by atoms with Crippen molar-refractivity contribution in [3.63, 3.8) is 0 Å². The van der Waals surface area contributed by atoms with E-state index in [2.05, 4.69) is 14.2 Å². The summed E-state index contributed by atoms with van der Waals surface area (Å²) in [6.07, 6.45) is -0.695. The number of ether oxygens (including phenoxy) is 3. The van der Waals surface area contributed by atoms with Crippen LogP contribution >= 0.6 is 0 Å². The van der Waals surface area contributed by atoms with Crippen LogP contribution in [0.5, 0.6) is 0 Å². The highest BCUT2D eigenvalue weighted by Crippen LogP contribution is 1.83. The molecular formula is C15H28O4. The van der Waals surface area contributed by atoms with Crippen LogP contribution in [0.15, 0.2) is 36.4 Å². The lowest BCUT2D eigenvalue weighted by Gasteiger charge is -2.00. The second-order valence-electron chi connectivity index (χ2n) is 2.39. The summed E-state index contributed by atoms with van der Waals surface area (Å²) < 4.78 is 13.2. The van der Waals surface area contributed by atoms with Crippen LogP contribution in [-0.2, 0) is 14.2 Å². The van der Waals surface area contributed by atoms with Gasteiger partial charge in [-0.2, -0.15) is 0 Å². The summed E-state index contributed by atoms with van der Waals surface area (Å²) in [4.78, 5) is 10.3. The van der Waals surface area contributed by atoms with E-state index in [1.807, 2.05) is 64.1 Å². The number of methoxy groups -OCH3 is 1. The fourth-order valence-corrected chi connectivity index (χ4v) is 0.651. The van der Waals surface area contributed by atoms with E-state index in [-0.39, 0.29) is 6.79 Å². The number of hydrogen-bond donors (Lipinski definition) is 0. The molecule has 0 atom stereocenters. The molecule has 0 radical (unpaired) electrons. The minimum Gasteiger partial charge on any atom is -0.435 e. The summed E-state index contributed by atoms with van der Waals surface area (Å²) in [5.41, 5.74) is 0. The van der Waals surface area contributed by atoms with Gasteiger partial charge in [0.15, 0.2) is 6.79 Å². The van der Waals surface area contributed by atoms with Crippen molar-refractivity contribution < 1.29 is 19.0 Å². The molecule has 0 aromatic heterocycles. The van der Waals surface area contributed by atoms with Gasteiger partial charge in [-0.3, -0.25) is 0 Å². The molecular weight excluding hydrogens is 244 g/mol. The molecule has 0 fully saturated rings. The Labute approximate surface area is 117 Å². The lowest BCUT2D eigenvalue weighted by Crippen LogP contribution is -2.08. The second kappa shape index (κ2) is 25.3. The first-order chi connectivity index (χ1) is 9.31. The molecule has 19 heavy (non-hydrogen) atoms. The van der Waals surface area contributed by atoms with Gasteiger partial charge < -0.3 is 14.2 Å². The van der Waals surface area contributed by atoms with Gasteiger partial charge >= 0.3 is 6.16 Å². The fourth-order valence-electron chi connectivity index (χ4n) is 0.651. The van der Waals surface area contributed by atoms with E-state index in [4.69, 9.17) is 0 Å². The summed E-state index contributed by atoms with van der Waals surface area (Å²) >= 11 is 0. The van der Waals surface area contributed by atoms with Crippen molar-refractivity contribution in [2.24, 2.45) is 0 Å². The topological polar surface area (TPSA) is 44.8 Å². The molecule has 0 amide bonds. The molecule has 0 heterocycles. The van der Waals surface area contributed by atoms with Gasteiger partial charge in [0.2, 0.25) is 0 Å². The van der Waals surface area contributed by atoms with E-state index in [0.29, 0.717) is 6.61 Å². The van der Waals surface area contributed by atoms with Gasteiger partial charge in [-0.1, -0.05) is 64.1 Å². The Morgan fingerprint density at radius 1 is 0.842 bits per heavy atom. The van der Waals surface area contributed by atoms with Crippen molar-refractivity contribution in [1.29, 1.82) is 0 Å². The maximum absolute atomic E-state index is 10.3. The Balaban J connectivity index is -0.000000221. The molecule has 0 saturated heterocycles. The molecule has 0 N–H and O–H groups in total. The van der Waals surface area contributed by atoms with Crippen LogP contribution in [0, 0.1) is 0 Å². The van der Waals surface area contributed by atoms with E-state index in [0.717, 1.165) is 0 Å². The average Bonchev–Trinajstić information content (AvgIpc) is 2.52. The second-order valence-corrected chi connectivity index (χ2v) is 2.39. The number of rotatable bonds is 3. The quantitative estimate of drug-likeness (QED) is 0.600. The lowest BCUT2D eigenvalue weighted by molar-refractivity contribution is -0.0246. The van der Waals surface area contributed by atoms with Gasteiger partial charge in [-0.05, 0) is 6.92 Å². The van der Waals surface area contributed by atoms with Crippen molar-refractivity contribution >= 4 is 6.16 Å². The van der Waals surface area contributed by atoms with Crippen LogP contribution in [-0.4, -0.2) is 26.7 Å². The normalized spacial score (nSPS) is 7.26. The van der Waals surface area contributed by atoms with E-state index in [1.165, 1.54) is 7.11 Å². The summed E-state index contributed by atoms with van der Waals surface area (Å²) in [6.45, 7) is 9.97. The molecule has 0 unspecified atom stereocenters. The zero-order valence-corrected chi connectivity index (χ0v) is 13.0. The molecule has 0 aliphatic carbocycles. The van der Waals surface area contributed by atoms with Crippen molar-refractivity contribution in [1.82, 2.24) is 0 Å². The Morgan fingerprint density at radius 2 is 1.21 bits per heavy atom. The SMILES string of the molecule is CC.CC.CCOC(=O)OCOC.c1ccccc1. The minimum absolute atomic E-state index is 0.0567. The van der Waals surface area contributed by atoms with Gasteiger partial charge in [0.1, 0.15) is 0 Å². The summed E-state index contributed by atoms with van der Waals surface area (Å²) in [5, 5.41) is 0. The minimum atomic E-state index is -0.695. The largest absolute Gasteiger partial charge is 0.510 e. The van der Waals surface area contributed by atoms with Crippen LogP contribution in [0.1, 0.15) is 34.6 Å². The first kappa shape index (κ1) is 22.6. The number of hydrogen-bond acceptors (Lipinski definition) is 4. The van der Waals surface area contributed by atoms with Crippen LogP contribution in [0.3, 0.4) is 0 Å². The van der Waals surface area contributed by atoms with Crippen LogP contribution in [0.2, 0.25) is 0 Å². The Hall–Kier alpha value is -1.55. The van der Waals surface area contributed by atoms with E-state index < -0.39 is 6.16 Å². The fraction of sp³-hybridized carbons (Fsp3) is 0.533. The summed E-state index contributed by atoms with van der Waals surface area (Å²) in [7, 11) is 1.43. The molecule has 4 heteroatoms. The summed E-state index contributed by atoms with van der Waals surface area (Å²) in [6, 6.07) is 12.0. The highest BCUT2D eigenvalue weighted by molar-refractivity contribution is 5.59. The van der Waals surface area contributed by atoms with E-state index in [1.54, 1.807) is 6.92 Å². The van der Waals surface area contributed by atoms with Gasteiger partial charge in [-0.15, -0.1) is 0 Å². The predicted octanol–water partition coefficient (Wildman–Crippen LogP) is 4.50. The van der Waals surface area contributed by atoms with Crippen LogP contribution in [0.25, 0.3) is 0 Å². The zero-order valence-electron chi connectivity index (χ0n) is 13.0. The first-order valence-electron chi connectivity index (χ1n) is 6.59. The molecule has 0 bridgehead atoms. The maximum atomic E-state index is 10.3. The van der Waals surface area contributed by atoms with Crippen molar-refractivity contribution in [2.45, 2.75) is 34.6 Å². The van der Waals surface area contributed by atoms with E-state index >= 15 is 0 Å². The Kier molecular flexibility index (Phi) is 30.2. The van der Waals surface area contributed by atoms with Gasteiger partial charge in [-0.25, -0.2) is 4.79 Å². The number of benzene rings is 1. The first-order valence-corrected chi connectivity index (χ1v) is 6.59. The van der Waals surface area contributed by atoms with Crippen LogP contribution in [0.4, 0.5) is 4.79 Å².